The second kappa shape index (κ2) is 8.08. The zero-order valence-electron chi connectivity index (χ0n) is 12.7. The minimum atomic E-state index is -2.84. The van der Waals surface area contributed by atoms with E-state index < -0.39 is 6.61 Å². The van der Waals surface area contributed by atoms with Crippen LogP contribution in [0.2, 0.25) is 0 Å². The number of alkyl halides is 2. The number of nitrogens with zero attached hydrogens (tertiary/aromatic N) is 1. The number of nitrogens with one attached hydrogen (secondary N) is 1. The van der Waals surface area contributed by atoms with Gasteiger partial charge in [-0.3, -0.25) is 9.69 Å². The van der Waals surface area contributed by atoms with Gasteiger partial charge in [0, 0.05) is 11.7 Å². The number of anilines is 1. The van der Waals surface area contributed by atoms with Crippen LogP contribution in [0.1, 0.15) is 32.6 Å². The largest absolute Gasteiger partial charge is 0.435 e. The Bertz CT molecular complexity index is 480. The van der Waals surface area contributed by atoms with Crippen molar-refractivity contribution in [3.8, 4) is 5.75 Å². The molecule has 1 unspecified atom stereocenters. The van der Waals surface area contributed by atoms with Crippen molar-refractivity contribution in [2.75, 3.05) is 18.4 Å². The SMILES string of the molecule is CCC1CCCCN1CC(=O)Nc1ccc(OC(F)F)cc1. The van der Waals surface area contributed by atoms with Gasteiger partial charge in [-0.1, -0.05) is 13.3 Å². The molecule has 1 amide bonds. The van der Waals surface area contributed by atoms with Gasteiger partial charge in [-0.05, 0) is 50.1 Å². The highest BCUT2D eigenvalue weighted by atomic mass is 19.3. The summed E-state index contributed by atoms with van der Waals surface area (Å²) >= 11 is 0. The highest BCUT2D eigenvalue weighted by Crippen LogP contribution is 2.20. The molecule has 0 aromatic heterocycles. The summed E-state index contributed by atoms with van der Waals surface area (Å²) in [4.78, 5) is 14.3. The molecule has 1 aromatic carbocycles. The molecule has 1 aliphatic heterocycles. The van der Waals surface area contributed by atoms with Crippen molar-refractivity contribution in [1.29, 1.82) is 0 Å². The molecule has 0 bridgehead atoms. The first-order chi connectivity index (χ1) is 10.6. The standard InChI is InChI=1S/C16H22F2N2O2/c1-2-13-5-3-4-10-20(13)11-15(21)19-12-6-8-14(9-7-12)22-16(17)18/h6-9,13,16H,2-5,10-11H2,1H3,(H,19,21). The van der Waals surface area contributed by atoms with Crippen LogP contribution in [0.15, 0.2) is 24.3 Å². The maximum Gasteiger partial charge on any atom is 0.387 e. The Hall–Kier alpha value is -1.69. The zero-order valence-corrected chi connectivity index (χ0v) is 12.7. The van der Waals surface area contributed by atoms with Crippen molar-refractivity contribution in [2.24, 2.45) is 0 Å². The molecular formula is C16H22F2N2O2. The van der Waals surface area contributed by atoms with Crippen LogP contribution in [-0.2, 0) is 4.79 Å². The van der Waals surface area contributed by atoms with Crippen LogP contribution in [0.25, 0.3) is 0 Å². The molecule has 0 saturated carbocycles. The molecule has 4 nitrogen and oxygen atoms in total. The van der Waals surface area contributed by atoms with Crippen molar-refractivity contribution in [3.05, 3.63) is 24.3 Å². The van der Waals surface area contributed by atoms with Crippen molar-refractivity contribution in [3.63, 3.8) is 0 Å². The molecule has 6 heteroatoms. The Labute approximate surface area is 129 Å². The van der Waals surface area contributed by atoms with E-state index in [2.05, 4.69) is 21.9 Å². The minimum Gasteiger partial charge on any atom is -0.435 e. The number of likely N-dealkylation sites (tertiary alicyclic amines) is 1. The molecule has 1 atom stereocenters. The molecule has 122 valence electrons. The van der Waals surface area contributed by atoms with Crippen LogP contribution in [0.5, 0.6) is 5.75 Å². The smallest absolute Gasteiger partial charge is 0.387 e. The number of amides is 1. The topological polar surface area (TPSA) is 41.6 Å². The lowest BCUT2D eigenvalue weighted by Crippen LogP contribution is -2.43. The number of piperidine rings is 1. The van der Waals surface area contributed by atoms with Gasteiger partial charge in [-0.25, -0.2) is 0 Å². The molecule has 2 rings (SSSR count). The van der Waals surface area contributed by atoms with Gasteiger partial charge in [0.1, 0.15) is 5.75 Å². The van der Waals surface area contributed by atoms with E-state index in [9.17, 15) is 13.6 Å². The molecule has 1 aromatic rings. The van der Waals surface area contributed by atoms with E-state index in [-0.39, 0.29) is 11.7 Å². The van der Waals surface area contributed by atoms with Gasteiger partial charge in [-0.2, -0.15) is 8.78 Å². The number of carbonyl (C=O) groups is 1. The summed E-state index contributed by atoms with van der Waals surface area (Å²) in [5.74, 6) is -0.00189. The van der Waals surface area contributed by atoms with Gasteiger partial charge >= 0.3 is 6.61 Å². The van der Waals surface area contributed by atoms with Crippen molar-refractivity contribution in [2.45, 2.75) is 45.3 Å². The molecule has 0 aliphatic carbocycles. The average Bonchev–Trinajstić information content (AvgIpc) is 2.49. The monoisotopic (exact) mass is 312 g/mol. The molecule has 22 heavy (non-hydrogen) atoms. The van der Waals surface area contributed by atoms with Gasteiger partial charge in [-0.15, -0.1) is 0 Å². The molecule has 1 N–H and O–H groups in total. The Morgan fingerprint density at radius 2 is 2.09 bits per heavy atom. The third-order valence-corrected chi connectivity index (χ3v) is 3.93. The Balaban J connectivity index is 1.86. The number of hydrogen-bond donors (Lipinski definition) is 1. The first-order valence-electron chi connectivity index (χ1n) is 7.67. The van der Waals surface area contributed by atoms with E-state index in [0.717, 1.165) is 25.8 Å². The Morgan fingerprint density at radius 3 is 2.73 bits per heavy atom. The van der Waals surface area contributed by atoms with Crippen LogP contribution in [0.3, 0.4) is 0 Å². The first-order valence-corrected chi connectivity index (χ1v) is 7.67. The van der Waals surface area contributed by atoms with Crippen molar-refractivity contribution >= 4 is 11.6 Å². The van der Waals surface area contributed by atoms with Crippen LogP contribution in [0.4, 0.5) is 14.5 Å². The van der Waals surface area contributed by atoms with Gasteiger partial charge < -0.3 is 10.1 Å². The normalized spacial score (nSPS) is 19.2. The average molecular weight is 312 g/mol. The number of ether oxygens (including phenoxy) is 1. The van der Waals surface area contributed by atoms with E-state index >= 15 is 0 Å². The summed E-state index contributed by atoms with van der Waals surface area (Å²) < 4.78 is 28.4. The number of rotatable bonds is 6. The molecule has 0 radical (unpaired) electrons. The van der Waals surface area contributed by atoms with Crippen LogP contribution >= 0.6 is 0 Å². The molecule has 0 spiro atoms. The number of hydrogen-bond acceptors (Lipinski definition) is 3. The predicted molar refractivity (Wildman–Crippen MR) is 81.2 cm³/mol. The van der Waals surface area contributed by atoms with E-state index in [1.807, 2.05) is 0 Å². The lowest BCUT2D eigenvalue weighted by Gasteiger charge is -2.34. The summed E-state index contributed by atoms with van der Waals surface area (Å²) in [6, 6.07) is 6.42. The highest BCUT2D eigenvalue weighted by Gasteiger charge is 2.22. The van der Waals surface area contributed by atoms with E-state index in [1.165, 1.54) is 18.6 Å². The van der Waals surface area contributed by atoms with Gasteiger partial charge in [0.25, 0.3) is 0 Å². The summed E-state index contributed by atoms with van der Waals surface area (Å²) in [6.07, 6.45) is 4.54. The molecule has 1 fully saturated rings. The number of benzene rings is 1. The fourth-order valence-electron chi connectivity index (χ4n) is 2.84. The minimum absolute atomic E-state index is 0.0788. The van der Waals surface area contributed by atoms with Crippen molar-refractivity contribution < 1.29 is 18.3 Å². The molecular weight excluding hydrogens is 290 g/mol. The van der Waals surface area contributed by atoms with Gasteiger partial charge in [0.15, 0.2) is 0 Å². The zero-order chi connectivity index (χ0) is 15.9. The maximum absolute atomic E-state index is 12.1. The third kappa shape index (κ3) is 4.94. The van der Waals surface area contributed by atoms with E-state index in [4.69, 9.17) is 0 Å². The molecule has 1 heterocycles. The highest BCUT2D eigenvalue weighted by molar-refractivity contribution is 5.92. The van der Waals surface area contributed by atoms with Crippen LogP contribution in [0, 0.1) is 0 Å². The summed E-state index contributed by atoms with van der Waals surface area (Å²) in [7, 11) is 0. The Kier molecular flexibility index (Phi) is 6.12. The Morgan fingerprint density at radius 1 is 1.36 bits per heavy atom. The number of halogens is 2. The summed E-state index contributed by atoms with van der Waals surface area (Å²) in [6.45, 7) is 0.620. The molecule has 1 saturated heterocycles. The van der Waals surface area contributed by atoms with E-state index in [0.29, 0.717) is 18.3 Å². The molecule has 1 aliphatic rings. The first kappa shape index (κ1) is 16.7. The summed E-state index contributed by atoms with van der Waals surface area (Å²) in [5.41, 5.74) is 0.580. The second-order valence-electron chi connectivity index (χ2n) is 5.48. The third-order valence-electron chi connectivity index (χ3n) is 3.93. The van der Waals surface area contributed by atoms with E-state index in [1.54, 1.807) is 12.1 Å². The number of carbonyl (C=O) groups excluding carboxylic acids is 1. The maximum atomic E-state index is 12.1. The summed E-state index contributed by atoms with van der Waals surface area (Å²) in [5, 5.41) is 2.79. The predicted octanol–water partition coefficient (Wildman–Crippen LogP) is 3.49. The quantitative estimate of drug-likeness (QED) is 0.874. The lowest BCUT2D eigenvalue weighted by molar-refractivity contribution is -0.118. The van der Waals surface area contributed by atoms with Gasteiger partial charge in [0.05, 0.1) is 6.54 Å². The van der Waals surface area contributed by atoms with Crippen molar-refractivity contribution in [1.82, 2.24) is 4.90 Å². The fraction of sp³-hybridized carbons (Fsp3) is 0.562. The van der Waals surface area contributed by atoms with Gasteiger partial charge in [0.2, 0.25) is 5.91 Å². The van der Waals surface area contributed by atoms with Crippen LogP contribution in [-0.4, -0.2) is 36.5 Å². The lowest BCUT2D eigenvalue weighted by atomic mass is 10.00. The fourth-order valence-corrected chi connectivity index (χ4v) is 2.84. The second-order valence-corrected chi connectivity index (χ2v) is 5.48. The van der Waals surface area contributed by atoms with Crippen LogP contribution < -0.4 is 10.1 Å².